The summed E-state index contributed by atoms with van der Waals surface area (Å²) in [6.07, 6.45) is 4.16. The molecule has 0 radical (unpaired) electrons. The molecular weight excluding hydrogens is 156 g/mol. The molecule has 1 saturated carbocycles. The fourth-order valence-electron chi connectivity index (χ4n) is 1.52. The van der Waals surface area contributed by atoms with E-state index in [4.69, 9.17) is 9.84 Å². The van der Waals surface area contributed by atoms with Gasteiger partial charge in [-0.3, -0.25) is 0 Å². The highest BCUT2D eigenvalue weighted by Crippen LogP contribution is 2.28. The average molecular weight is 174 g/mol. The second-order valence-corrected chi connectivity index (χ2v) is 3.67. The minimum atomic E-state index is -0.949. The molecule has 2 N–H and O–H groups in total. The zero-order valence-electron chi connectivity index (χ0n) is 7.62. The van der Waals surface area contributed by atoms with E-state index in [1.807, 2.05) is 0 Å². The van der Waals surface area contributed by atoms with Crippen LogP contribution in [0.1, 0.15) is 39.0 Å². The quantitative estimate of drug-likeness (QED) is 0.628. The first-order chi connectivity index (χ1) is 5.62. The smallest absolute Gasteiger partial charge is 0.165 e. The number of rotatable bonds is 3. The van der Waals surface area contributed by atoms with Crippen LogP contribution in [0, 0.1) is 0 Å². The summed E-state index contributed by atoms with van der Waals surface area (Å²) >= 11 is 0. The third kappa shape index (κ3) is 3.09. The van der Waals surface area contributed by atoms with Crippen LogP contribution in [0.25, 0.3) is 0 Å². The fourth-order valence-corrected chi connectivity index (χ4v) is 1.52. The van der Waals surface area contributed by atoms with Crippen molar-refractivity contribution in [3.05, 3.63) is 0 Å². The van der Waals surface area contributed by atoms with Gasteiger partial charge in [-0.15, -0.1) is 0 Å². The second kappa shape index (κ2) is 4.21. The van der Waals surface area contributed by atoms with Crippen LogP contribution in [0.2, 0.25) is 0 Å². The molecule has 0 amide bonds. The molecule has 1 atom stereocenters. The molecule has 12 heavy (non-hydrogen) atoms. The van der Waals surface area contributed by atoms with Gasteiger partial charge in [0.2, 0.25) is 0 Å². The van der Waals surface area contributed by atoms with Gasteiger partial charge < -0.3 is 14.9 Å². The van der Waals surface area contributed by atoms with Gasteiger partial charge >= 0.3 is 0 Å². The van der Waals surface area contributed by atoms with E-state index < -0.39 is 11.9 Å². The predicted molar refractivity (Wildman–Crippen MR) is 45.7 cm³/mol. The summed E-state index contributed by atoms with van der Waals surface area (Å²) in [5.74, 6) is -0.949. The van der Waals surface area contributed by atoms with Crippen molar-refractivity contribution in [3.8, 4) is 0 Å². The van der Waals surface area contributed by atoms with Crippen LogP contribution in [-0.4, -0.2) is 28.7 Å². The molecule has 0 aromatic rings. The zero-order valence-corrected chi connectivity index (χ0v) is 7.62. The molecule has 1 aliphatic rings. The number of hydrogen-bond acceptors (Lipinski definition) is 3. The van der Waals surface area contributed by atoms with Gasteiger partial charge in [0.1, 0.15) is 0 Å². The van der Waals surface area contributed by atoms with Crippen LogP contribution in [0.15, 0.2) is 0 Å². The molecule has 0 spiro atoms. The predicted octanol–water partition coefficient (Wildman–Crippen LogP) is 1.04. The number of aliphatic hydroxyl groups is 2. The summed E-state index contributed by atoms with van der Waals surface area (Å²) < 4.78 is 5.24. The summed E-state index contributed by atoms with van der Waals surface area (Å²) in [6, 6.07) is 0. The topological polar surface area (TPSA) is 49.7 Å². The molecule has 1 rings (SSSR count). The standard InChI is InChI=1S/C9H18O3/c1-8(10)7-12-9(11)5-3-2-4-6-9/h8,10-11H,2-7H2,1H3. The molecule has 0 saturated heterocycles. The first-order valence-corrected chi connectivity index (χ1v) is 4.67. The van der Waals surface area contributed by atoms with E-state index >= 15 is 0 Å². The third-order valence-electron chi connectivity index (χ3n) is 2.23. The maximum atomic E-state index is 9.79. The van der Waals surface area contributed by atoms with Gasteiger partial charge in [0, 0.05) is 12.8 Å². The Hall–Kier alpha value is -0.120. The van der Waals surface area contributed by atoms with E-state index in [9.17, 15) is 5.11 Å². The molecule has 72 valence electrons. The van der Waals surface area contributed by atoms with Crippen molar-refractivity contribution < 1.29 is 14.9 Å². The van der Waals surface area contributed by atoms with Crippen LogP contribution >= 0.6 is 0 Å². The van der Waals surface area contributed by atoms with Gasteiger partial charge in [0.25, 0.3) is 0 Å². The van der Waals surface area contributed by atoms with Crippen molar-refractivity contribution in [2.75, 3.05) is 6.61 Å². The van der Waals surface area contributed by atoms with Gasteiger partial charge in [0.05, 0.1) is 12.7 Å². The van der Waals surface area contributed by atoms with Crippen molar-refractivity contribution in [2.45, 2.75) is 50.9 Å². The molecule has 0 bridgehead atoms. The van der Waals surface area contributed by atoms with E-state index in [1.54, 1.807) is 6.92 Å². The van der Waals surface area contributed by atoms with Crippen molar-refractivity contribution >= 4 is 0 Å². The first kappa shape index (κ1) is 9.96. The fraction of sp³-hybridized carbons (Fsp3) is 1.00. The number of ether oxygens (including phenoxy) is 1. The number of hydrogen-bond donors (Lipinski definition) is 2. The average Bonchev–Trinajstić information content (AvgIpc) is 2.03. The Bertz CT molecular complexity index is 128. The Kier molecular flexibility index (Phi) is 3.50. The molecule has 0 heterocycles. The van der Waals surface area contributed by atoms with Crippen molar-refractivity contribution in [1.82, 2.24) is 0 Å². The highest BCUT2D eigenvalue weighted by atomic mass is 16.6. The van der Waals surface area contributed by atoms with E-state index in [-0.39, 0.29) is 6.61 Å². The van der Waals surface area contributed by atoms with E-state index in [0.717, 1.165) is 12.8 Å². The monoisotopic (exact) mass is 174 g/mol. The van der Waals surface area contributed by atoms with Crippen LogP contribution in [0.3, 0.4) is 0 Å². The minimum Gasteiger partial charge on any atom is -0.391 e. The molecule has 1 aliphatic carbocycles. The molecule has 3 heteroatoms. The van der Waals surface area contributed by atoms with Crippen LogP contribution < -0.4 is 0 Å². The highest BCUT2D eigenvalue weighted by Gasteiger charge is 2.29. The zero-order chi connectivity index (χ0) is 9.03. The van der Waals surface area contributed by atoms with Gasteiger partial charge in [-0.25, -0.2) is 0 Å². The summed E-state index contributed by atoms with van der Waals surface area (Å²) in [7, 11) is 0. The lowest BCUT2D eigenvalue weighted by molar-refractivity contribution is -0.229. The normalized spacial score (nSPS) is 25.2. The Morgan fingerprint density at radius 2 is 1.92 bits per heavy atom. The maximum Gasteiger partial charge on any atom is 0.165 e. The maximum absolute atomic E-state index is 9.79. The molecule has 1 fully saturated rings. The van der Waals surface area contributed by atoms with E-state index in [2.05, 4.69) is 0 Å². The minimum absolute atomic E-state index is 0.233. The Balaban J connectivity index is 2.26. The molecule has 1 unspecified atom stereocenters. The largest absolute Gasteiger partial charge is 0.391 e. The lowest BCUT2D eigenvalue weighted by atomic mass is 9.94. The molecule has 0 aromatic heterocycles. The summed E-state index contributed by atoms with van der Waals surface area (Å²) in [5, 5.41) is 18.7. The van der Waals surface area contributed by atoms with Crippen molar-refractivity contribution in [3.63, 3.8) is 0 Å². The van der Waals surface area contributed by atoms with E-state index in [0.29, 0.717) is 12.8 Å². The SMILES string of the molecule is CC(O)COC1(O)CCCCC1. The third-order valence-corrected chi connectivity index (χ3v) is 2.23. The Morgan fingerprint density at radius 3 is 2.42 bits per heavy atom. The Labute approximate surface area is 73.4 Å². The van der Waals surface area contributed by atoms with Crippen molar-refractivity contribution in [1.29, 1.82) is 0 Å². The van der Waals surface area contributed by atoms with Gasteiger partial charge in [-0.2, -0.15) is 0 Å². The van der Waals surface area contributed by atoms with Crippen LogP contribution in [0.5, 0.6) is 0 Å². The van der Waals surface area contributed by atoms with E-state index in [1.165, 1.54) is 6.42 Å². The van der Waals surface area contributed by atoms with Crippen LogP contribution in [-0.2, 0) is 4.74 Å². The lowest BCUT2D eigenvalue weighted by Crippen LogP contribution is -2.36. The van der Waals surface area contributed by atoms with Crippen molar-refractivity contribution in [2.24, 2.45) is 0 Å². The molecule has 3 nitrogen and oxygen atoms in total. The van der Waals surface area contributed by atoms with Gasteiger partial charge in [0.15, 0.2) is 5.79 Å². The van der Waals surface area contributed by atoms with Gasteiger partial charge in [-0.1, -0.05) is 6.42 Å². The highest BCUT2D eigenvalue weighted by molar-refractivity contribution is 4.73. The lowest BCUT2D eigenvalue weighted by Gasteiger charge is -2.32. The first-order valence-electron chi connectivity index (χ1n) is 4.67. The number of aliphatic hydroxyl groups excluding tert-OH is 1. The summed E-state index contributed by atoms with van der Waals surface area (Å²) in [4.78, 5) is 0. The molecule has 0 aromatic carbocycles. The van der Waals surface area contributed by atoms with Crippen LogP contribution in [0.4, 0.5) is 0 Å². The molecular formula is C9H18O3. The summed E-state index contributed by atoms with van der Waals surface area (Å²) in [5.41, 5.74) is 0. The molecule has 0 aliphatic heterocycles. The Morgan fingerprint density at radius 1 is 1.33 bits per heavy atom. The van der Waals surface area contributed by atoms with Gasteiger partial charge in [-0.05, 0) is 19.8 Å². The summed E-state index contributed by atoms with van der Waals surface area (Å²) in [6.45, 7) is 1.89. The second-order valence-electron chi connectivity index (χ2n) is 3.67.